The summed E-state index contributed by atoms with van der Waals surface area (Å²) < 4.78 is 4.85. The molecule has 0 atom stereocenters. The number of anilines is 2. The van der Waals surface area contributed by atoms with Crippen molar-refractivity contribution in [2.75, 3.05) is 24.7 Å². The molecule has 0 aromatic carbocycles. The number of nitrogens with one attached hydrogen (secondary N) is 1. The Kier molecular flexibility index (Phi) is 3.52. The molecule has 0 aliphatic heterocycles. The van der Waals surface area contributed by atoms with Gasteiger partial charge in [0.05, 0.1) is 12.3 Å². The Labute approximate surface area is 91.5 Å². The molecule has 0 spiro atoms. The fraction of sp³-hybridized carbons (Fsp3) is 0.333. The maximum Gasteiger partial charge on any atom is 0.343 e. The molecule has 0 aliphatic rings. The van der Waals surface area contributed by atoms with Crippen molar-refractivity contribution in [1.82, 2.24) is 0 Å². The summed E-state index contributed by atoms with van der Waals surface area (Å²) >= 11 is 1.14. The number of esters is 1. The third kappa shape index (κ3) is 2.02. The SMILES string of the molecule is CCOC(=O)c1c(NC)sc(C#N)c1N. The molecular weight excluding hydrogens is 214 g/mol. The maximum atomic E-state index is 11.5. The Morgan fingerprint density at radius 2 is 2.40 bits per heavy atom. The molecule has 6 heteroatoms. The van der Waals surface area contributed by atoms with Crippen LogP contribution in [0, 0.1) is 11.3 Å². The summed E-state index contributed by atoms with van der Waals surface area (Å²) in [5.74, 6) is -0.503. The zero-order chi connectivity index (χ0) is 11.4. The number of nitriles is 1. The standard InChI is InChI=1S/C9H11N3O2S/c1-3-14-9(13)6-7(11)5(4-10)15-8(6)12-2/h12H,3,11H2,1-2H3. The highest BCUT2D eigenvalue weighted by Gasteiger charge is 2.22. The zero-order valence-corrected chi connectivity index (χ0v) is 9.27. The minimum Gasteiger partial charge on any atom is -0.462 e. The van der Waals surface area contributed by atoms with Crippen molar-refractivity contribution in [3.8, 4) is 6.07 Å². The van der Waals surface area contributed by atoms with Crippen molar-refractivity contribution >= 4 is 28.0 Å². The van der Waals surface area contributed by atoms with Gasteiger partial charge in [-0.3, -0.25) is 0 Å². The van der Waals surface area contributed by atoms with E-state index < -0.39 is 5.97 Å². The summed E-state index contributed by atoms with van der Waals surface area (Å²) in [6.07, 6.45) is 0. The first kappa shape index (κ1) is 11.3. The van der Waals surface area contributed by atoms with E-state index in [1.54, 1.807) is 14.0 Å². The first-order chi connectivity index (χ1) is 7.15. The van der Waals surface area contributed by atoms with Gasteiger partial charge in [-0.2, -0.15) is 5.26 Å². The average Bonchev–Trinajstić information content (AvgIpc) is 2.55. The highest BCUT2D eigenvalue weighted by molar-refractivity contribution is 7.17. The molecule has 0 fully saturated rings. The smallest absolute Gasteiger partial charge is 0.343 e. The number of nitrogens with zero attached hydrogens (tertiary/aromatic N) is 1. The van der Waals surface area contributed by atoms with Gasteiger partial charge in [-0.25, -0.2) is 4.79 Å². The second-order valence-corrected chi connectivity index (χ2v) is 3.65. The van der Waals surface area contributed by atoms with Crippen LogP contribution in [-0.4, -0.2) is 19.6 Å². The van der Waals surface area contributed by atoms with E-state index in [0.29, 0.717) is 9.88 Å². The summed E-state index contributed by atoms with van der Waals surface area (Å²) in [4.78, 5) is 11.9. The predicted octanol–water partition coefficient (Wildman–Crippen LogP) is 1.42. The van der Waals surface area contributed by atoms with Crippen LogP contribution in [0.15, 0.2) is 0 Å². The lowest BCUT2D eigenvalue weighted by atomic mass is 10.2. The molecule has 0 saturated heterocycles. The molecule has 0 bridgehead atoms. The Bertz CT molecular complexity index is 420. The molecule has 0 amide bonds. The lowest BCUT2D eigenvalue weighted by Crippen LogP contribution is -2.08. The van der Waals surface area contributed by atoms with E-state index >= 15 is 0 Å². The van der Waals surface area contributed by atoms with E-state index in [0.717, 1.165) is 11.3 Å². The summed E-state index contributed by atoms with van der Waals surface area (Å²) in [5, 5.41) is 12.1. The minimum atomic E-state index is -0.503. The van der Waals surface area contributed by atoms with Crippen LogP contribution in [0.4, 0.5) is 10.7 Å². The summed E-state index contributed by atoms with van der Waals surface area (Å²) in [6.45, 7) is 1.99. The highest BCUT2D eigenvalue weighted by atomic mass is 32.1. The van der Waals surface area contributed by atoms with Gasteiger partial charge in [-0.1, -0.05) is 0 Å². The molecule has 1 heterocycles. The quantitative estimate of drug-likeness (QED) is 0.759. The molecule has 1 aromatic heterocycles. The molecule has 1 rings (SSSR count). The van der Waals surface area contributed by atoms with Crippen molar-refractivity contribution in [2.24, 2.45) is 0 Å². The van der Waals surface area contributed by atoms with Crippen molar-refractivity contribution in [2.45, 2.75) is 6.92 Å². The van der Waals surface area contributed by atoms with Crippen LogP contribution in [0.25, 0.3) is 0 Å². The lowest BCUT2D eigenvalue weighted by Gasteiger charge is -2.03. The molecule has 0 saturated carbocycles. The van der Waals surface area contributed by atoms with E-state index in [1.807, 2.05) is 6.07 Å². The van der Waals surface area contributed by atoms with E-state index in [1.165, 1.54) is 0 Å². The van der Waals surface area contributed by atoms with E-state index in [-0.39, 0.29) is 17.9 Å². The molecule has 5 nitrogen and oxygen atoms in total. The van der Waals surface area contributed by atoms with Crippen LogP contribution in [0.1, 0.15) is 22.2 Å². The molecule has 15 heavy (non-hydrogen) atoms. The summed E-state index contributed by atoms with van der Waals surface area (Å²) in [7, 11) is 1.66. The predicted molar refractivity (Wildman–Crippen MR) is 58.9 cm³/mol. The number of hydrogen-bond acceptors (Lipinski definition) is 6. The fourth-order valence-corrected chi connectivity index (χ4v) is 1.97. The average molecular weight is 225 g/mol. The Balaban J connectivity index is 3.21. The third-order valence-electron chi connectivity index (χ3n) is 1.75. The Morgan fingerprint density at radius 3 is 2.87 bits per heavy atom. The Hall–Kier alpha value is -1.74. The molecule has 0 aliphatic carbocycles. The molecule has 1 aromatic rings. The van der Waals surface area contributed by atoms with Crippen LogP contribution in [-0.2, 0) is 4.74 Å². The molecule has 80 valence electrons. The number of nitrogens with two attached hydrogens (primary N) is 1. The number of hydrogen-bond donors (Lipinski definition) is 2. The maximum absolute atomic E-state index is 11.5. The van der Waals surface area contributed by atoms with Gasteiger partial charge in [-0.05, 0) is 6.92 Å². The van der Waals surface area contributed by atoms with Gasteiger partial charge in [0.15, 0.2) is 0 Å². The van der Waals surface area contributed by atoms with Crippen LogP contribution < -0.4 is 11.1 Å². The largest absolute Gasteiger partial charge is 0.462 e. The van der Waals surface area contributed by atoms with Crippen molar-refractivity contribution in [3.63, 3.8) is 0 Å². The topological polar surface area (TPSA) is 88.1 Å². The third-order valence-corrected chi connectivity index (χ3v) is 2.88. The monoisotopic (exact) mass is 225 g/mol. The van der Waals surface area contributed by atoms with Crippen LogP contribution in [0.5, 0.6) is 0 Å². The number of nitrogen functional groups attached to an aromatic ring is 1. The second-order valence-electron chi connectivity index (χ2n) is 2.63. The zero-order valence-electron chi connectivity index (χ0n) is 8.46. The van der Waals surface area contributed by atoms with Gasteiger partial charge >= 0.3 is 5.97 Å². The second kappa shape index (κ2) is 4.66. The van der Waals surface area contributed by atoms with Gasteiger partial charge < -0.3 is 15.8 Å². The van der Waals surface area contributed by atoms with Crippen molar-refractivity contribution < 1.29 is 9.53 Å². The number of ether oxygens (including phenoxy) is 1. The van der Waals surface area contributed by atoms with Gasteiger partial charge in [0, 0.05) is 7.05 Å². The number of carbonyl (C=O) groups excluding carboxylic acids is 1. The van der Waals surface area contributed by atoms with E-state index in [2.05, 4.69) is 5.32 Å². The molecule has 0 unspecified atom stereocenters. The first-order valence-corrected chi connectivity index (χ1v) is 5.14. The van der Waals surface area contributed by atoms with Gasteiger partial charge in [-0.15, -0.1) is 11.3 Å². The van der Waals surface area contributed by atoms with Gasteiger partial charge in [0.25, 0.3) is 0 Å². The van der Waals surface area contributed by atoms with E-state index in [9.17, 15) is 4.79 Å². The molecule has 0 radical (unpaired) electrons. The molecule has 3 N–H and O–H groups in total. The highest BCUT2D eigenvalue weighted by Crippen LogP contribution is 2.35. The molecular formula is C9H11N3O2S. The van der Waals surface area contributed by atoms with Crippen molar-refractivity contribution in [1.29, 1.82) is 5.26 Å². The number of rotatable bonds is 3. The van der Waals surface area contributed by atoms with Crippen LogP contribution in [0.2, 0.25) is 0 Å². The van der Waals surface area contributed by atoms with Gasteiger partial charge in [0.1, 0.15) is 21.5 Å². The van der Waals surface area contributed by atoms with E-state index in [4.69, 9.17) is 15.7 Å². The summed E-state index contributed by atoms with van der Waals surface area (Å²) in [6, 6.07) is 1.93. The Morgan fingerprint density at radius 1 is 1.73 bits per heavy atom. The number of carbonyl (C=O) groups is 1. The van der Waals surface area contributed by atoms with Gasteiger partial charge in [0.2, 0.25) is 0 Å². The van der Waals surface area contributed by atoms with Crippen molar-refractivity contribution in [3.05, 3.63) is 10.4 Å². The number of thiophene rings is 1. The van der Waals surface area contributed by atoms with Crippen LogP contribution in [0.3, 0.4) is 0 Å². The fourth-order valence-electron chi connectivity index (χ4n) is 1.11. The summed E-state index contributed by atoms with van der Waals surface area (Å²) in [5.41, 5.74) is 6.10. The lowest BCUT2D eigenvalue weighted by molar-refractivity contribution is 0.0529. The first-order valence-electron chi connectivity index (χ1n) is 4.32. The van der Waals surface area contributed by atoms with Crippen LogP contribution >= 0.6 is 11.3 Å². The normalized spacial score (nSPS) is 9.40. The minimum absolute atomic E-state index is 0.185.